The standard InChI is InChI=1S/C17H19N3O2S/c1-18-6-2-3-14(16(18)21)17(22)20-10-13(11-20)19-7-4-15-12(9-19)5-8-23-15/h2-3,5-6,8,13H,4,7,9-11H2,1H3. The molecule has 23 heavy (non-hydrogen) atoms. The predicted octanol–water partition coefficient (Wildman–Crippen LogP) is 1.33. The number of rotatable bonds is 2. The Morgan fingerprint density at radius 3 is 2.96 bits per heavy atom. The lowest BCUT2D eigenvalue weighted by Gasteiger charge is -2.46. The largest absolute Gasteiger partial charge is 0.335 e. The lowest BCUT2D eigenvalue weighted by Crippen LogP contribution is -2.62. The highest BCUT2D eigenvalue weighted by Crippen LogP contribution is 2.27. The number of carbonyl (C=O) groups excluding carboxylic acids is 1. The lowest BCUT2D eigenvalue weighted by atomic mass is 10.0. The van der Waals surface area contributed by atoms with Crippen molar-refractivity contribution >= 4 is 17.2 Å². The monoisotopic (exact) mass is 329 g/mol. The van der Waals surface area contributed by atoms with Gasteiger partial charge in [0.1, 0.15) is 5.56 Å². The molecule has 5 nitrogen and oxygen atoms in total. The number of hydrogen-bond acceptors (Lipinski definition) is 4. The highest BCUT2D eigenvalue weighted by atomic mass is 32.1. The fourth-order valence-corrected chi connectivity index (χ4v) is 4.25. The Morgan fingerprint density at radius 1 is 1.30 bits per heavy atom. The Bertz CT molecular complexity index is 804. The van der Waals surface area contributed by atoms with Crippen molar-refractivity contribution in [3.05, 3.63) is 56.1 Å². The van der Waals surface area contributed by atoms with Crippen LogP contribution in [0.2, 0.25) is 0 Å². The van der Waals surface area contributed by atoms with Gasteiger partial charge in [-0.15, -0.1) is 11.3 Å². The predicted molar refractivity (Wildman–Crippen MR) is 89.8 cm³/mol. The van der Waals surface area contributed by atoms with Crippen LogP contribution in [0, 0.1) is 0 Å². The summed E-state index contributed by atoms with van der Waals surface area (Å²) in [6.45, 7) is 3.48. The molecule has 6 heteroatoms. The maximum Gasteiger partial charge on any atom is 0.263 e. The number of thiophene rings is 1. The van der Waals surface area contributed by atoms with Gasteiger partial charge >= 0.3 is 0 Å². The zero-order chi connectivity index (χ0) is 16.0. The smallest absolute Gasteiger partial charge is 0.263 e. The minimum absolute atomic E-state index is 0.143. The van der Waals surface area contributed by atoms with E-state index in [0.29, 0.717) is 6.04 Å². The Labute approximate surface area is 138 Å². The van der Waals surface area contributed by atoms with Crippen LogP contribution in [0.1, 0.15) is 20.8 Å². The lowest BCUT2D eigenvalue weighted by molar-refractivity contribution is 0.0219. The number of fused-ring (bicyclic) bond motifs is 1. The van der Waals surface area contributed by atoms with Gasteiger partial charge in [0.2, 0.25) is 0 Å². The summed E-state index contributed by atoms with van der Waals surface area (Å²) < 4.78 is 1.45. The molecule has 2 aromatic rings. The Hall–Kier alpha value is -1.92. The Morgan fingerprint density at radius 2 is 2.13 bits per heavy atom. The molecule has 2 aliphatic rings. The molecule has 0 unspecified atom stereocenters. The summed E-state index contributed by atoms with van der Waals surface area (Å²) in [4.78, 5) is 30.3. The second-order valence-electron chi connectivity index (χ2n) is 6.29. The van der Waals surface area contributed by atoms with Gasteiger partial charge in [0.05, 0.1) is 0 Å². The van der Waals surface area contributed by atoms with Crippen molar-refractivity contribution in [3.63, 3.8) is 0 Å². The number of aryl methyl sites for hydroxylation is 1. The molecule has 0 atom stereocenters. The molecule has 120 valence electrons. The quantitative estimate of drug-likeness (QED) is 0.835. The third-order valence-corrected chi connectivity index (χ3v) is 5.88. The first-order chi connectivity index (χ1) is 11.1. The molecule has 1 fully saturated rings. The van der Waals surface area contributed by atoms with Crippen molar-refractivity contribution in [3.8, 4) is 0 Å². The normalized spacial score (nSPS) is 18.6. The molecule has 4 heterocycles. The van der Waals surface area contributed by atoms with Gasteiger partial charge in [0.15, 0.2) is 0 Å². The van der Waals surface area contributed by atoms with E-state index < -0.39 is 0 Å². The molecule has 2 aromatic heterocycles. The molecule has 0 spiro atoms. The van der Waals surface area contributed by atoms with Crippen LogP contribution in [0.15, 0.2) is 34.6 Å². The van der Waals surface area contributed by atoms with Crippen molar-refractivity contribution in [2.45, 2.75) is 19.0 Å². The summed E-state index contributed by atoms with van der Waals surface area (Å²) >= 11 is 1.84. The molecule has 1 saturated heterocycles. The molecule has 0 N–H and O–H groups in total. The highest BCUT2D eigenvalue weighted by Gasteiger charge is 2.37. The second-order valence-corrected chi connectivity index (χ2v) is 7.29. The van der Waals surface area contributed by atoms with Crippen LogP contribution < -0.4 is 5.56 Å². The van der Waals surface area contributed by atoms with Crippen LogP contribution in [-0.2, 0) is 20.0 Å². The van der Waals surface area contributed by atoms with E-state index >= 15 is 0 Å². The number of pyridine rings is 1. The number of nitrogens with zero attached hydrogens (tertiary/aromatic N) is 3. The van der Waals surface area contributed by atoms with Crippen LogP contribution in [0.3, 0.4) is 0 Å². The summed E-state index contributed by atoms with van der Waals surface area (Å²) in [6, 6.07) is 5.99. The molecule has 1 amide bonds. The number of aromatic nitrogens is 1. The number of carbonyl (C=O) groups is 1. The van der Waals surface area contributed by atoms with E-state index in [4.69, 9.17) is 0 Å². The zero-order valence-electron chi connectivity index (χ0n) is 13.1. The van der Waals surface area contributed by atoms with Crippen molar-refractivity contribution in [1.82, 2.24) is 14.4 Å². The van der Waals surface area contributed by atoms with Gasteiger partial charge in [0.25, 0.3) is 11.5 Å². The summed E-state index contributed by atoms with van der Waals surface area (Å²) in [6.07, 6.45) is 2.78. The van der Waals surface area contributed by atoms with Crippen LogP contribution in [0.4, 0.5) is 0 Å². The maximum atomic E-state index is 12.5. The van der Waals surface area contributed by atoms with Crippen molar-refractivity contribution in [2.75, 3.05) is 19.6 Å². The minimum atomic E-state index is -0.221. The van der Waals surface area contributed by atoms with E-state index in [1.54, 1.807) is 30.3 Å². The third-order valence-electron chi connectivity index (χ3n) is 4.86. The first-order valence-electron chi connectivity index (χ1n) is 7.87. The fourth-order valence-electron chi connectivity index (χ4n) is 3.36. The summed E-state index contributed by atoms with van der Waals surface area (Å²) in [7, 11) is 1.67. The number of hydrogen-bond donors (Lipinski definition) is 0. The van der Waals surface area contributed by atoms with Crippen LogP contribution >= 0.6 is 11.3 Å². The van der Waals surface area contributed by atoms with Gasteiger partial charge < -0.3 is 9.47 Å². The van der Waals surface area contributed by atoms with Gasteiger partial charge in [-0.05, 0) is 35.6 Å². The zero-order valence-corrected chi connectivity index (χ0v) is 13.9. The molecule has 2 aliphatic heterocycles. The average Bonchev–Trinajstić information content (AvgIpc) is 2.96. The first kappa shape index (κ1) is 14.7. The highest BCUT2D eigenvalue weighted by molar-refractivity contribution is 7.10. The van der Waals surface area contributed by atoms with Gasteiger partial charge in [0, 0.05) is 50.3 Å². The van der Waals surface area contributed by atoms with Gasteiger partial charge in [-0.1, -0.05) is 0 Å². The SMILES string of the molecule is Cn1cccc(C(=O)N2CC(N3CCc4sccc4C3)C2)c1=O. The third kappa shape index (κ3) is 2.52. The molecule has 0 bridgehead atoms. The van der Waals surface area contributed by atoms with Gasteiger partial charge in [-0.25, -0.2) is 0 Å². The Balaban J connectivity index is 1.41. The summed E-state index contributed by atoms with van der Waals surface area (Å²) in [5, 5.41) is 2.16. The molecule has 4 rings (SSSR count). The maximum absolute atomic E-state index is 12.5. The molecule has 0 saturated carbocycles. The van der Waals surface area contributed by atoms with Crippen molar-refractivity contribution in [1.29, 1.82) is 0 Å². The fraction of sp³-hybridized carbons (Fsp3) is 0.412. The Kier molecular flexibility index (Phi) is 3.58. The van der Waals surface area contributed by atoms with E-state index in [1.807, 2.05) is 11.3 Å². The van der Waals surface area contributed by atoms with Crippen LogP contribution in [-0.4, -0.2) is 46.0 Å². The second kappa shape index (κ2) is 5.62. The van der Waals surface area contributed by atoms with Gasteiger partial charge in [-0.3, -0.25) is 14.5 Å². The topological polar surface area (TPSA) is 45.6 Å². The first-order valence-corrected chi connectivity index (χ1v) is 8.75. The molecule has 0 aromatic carbocycles. The van der Waals surface area contributed by atoms with Crippen molar-refractivity contribution < 1.29 is 4.79 Å². The van der Waals surface area contributed by atoms with E-state index in [0.717, 1.165) is 32.6 Å². The van der Waals surface area contributed by atoms with Crippen LogP contribution in [0.5, 0.6) is 0 Å². The molecular formula is C17H19N3O2S. The van der Waals surface area contributed by atoms with E-state index in [9.17, 15) is 9.59 Å². The molecule has 0 aliphatic carbocycles. The summed E-state index contributed by atoms with van der Waals surface area (Å²) in [5.41, 5.74) is 1.48. The molecular weight excluding hydrogens is 310 g/mol. The van der Waals surface area contributed by atoms with E-state index in [1.165, 1.54) is 15.0 Å². The van der Waals surface area contributed by atoms with Gasteiger partial charge in [-0.2, -0.15) is 0 Å². The number of likely N-dealkylation sites (tertiary alicyclic amines) is 1. The molecule has 0 radical (unpaired) electrons. The average molecular weight is 329 g/mol. The van der Waals surface area contributed by atoms with E-state index in [-0.39, 0.29) is 17.0 Å². The van der Waals surface area contributed by atoms with Crippen LogP contribution in [0.25, 0.3) is 0 Å². The number of amides is 1. The van der Waals surface area contributed by atoms with Crippen molar-refractivity contribution in [2.24, 2.45) is 7.05 Å². The van der Waals surface area contributed by atoms with E-state index in [2.05, 4.69) is 16.3 Å². The summed E-state index contributed by atoms with van der Waals surface area (Å²) in [5.74, 6) is -0.143. The minimum Gasteiger partial charge on any atom is -0.335 e.